The van der Waals surface area contributed by atoms with Crippen molar-refractivity contribution >= 4 is 17.2 Å². The third kappa shape index (κ3) is 3.08. The van der Waals surface area contributed by atoms with Crippen LogP contribution in [0.25, 0.3) is 0 Å². The molecule has 1 amide bonds. The number of carbonyl (C=O) groups excluding carboxylic acids is 1. The first-order valence-corrected chi connectivity index (χ1v) is 8.97. The highest BCUT2D eigenvalue weighted by Crippen LogP contribution is 2.42. The summed E-state index contributed by atoms with van der Waals surface area (Å²) >= 11 is 1.85. The van der Waals surface area contributed by atoms with E-state index in [1.165, 1.54) is 56.2 Å². The lowest BCUT2D eigenvalue weighted by atomic mass is 9.84. The summed E-state index contributed by atoms with van der Waals surface area (Å²) in [5.74, 6) is 0.927. The summed E-state index contributed by atoms with van der Waals surface area (Å²) in [6, 6.07) is 4.39. The quantitative estimate of drug-likeness (QED) is 0.863. The fourth-order valence-corrected chi connectivity index (χ4v) is 4.95. The van der Waals surface area contributed by atoms with Crippen molar-refractivity contribution in [3.63, 3.8) is 0 Å². The van der Waals surface area contributed by atoms with E-state index in [4.69, 9.17) is 0 Å². The van der Waals surface area contributed by atoms with E-state index in [0.29, 0.717) is 5.92 Å². The maximum atomic E-state index is 12.2. The first-order valence-electron chi connectivity index (χ1n) is 8.09. The molecule has 3 rings (SSSR count). The van der Waals surface area contributed by atoms with Gasteiger partial charge in [0, 0.05) is 23.3 Å². The standard InChI is InChI=1S/C17H25NOS/c19-16(12-14-6-1-2-7-14)18-13-17(9-3-4-10-17)15-8-5-11-20-15/h5,8,11,14H,1-4,6-7,9-10,12-13H2,(H,18,19). The van der Waals surface area contributed by atoms with E-state index >= 15 is 0 Å². The molecule has 0 unspecified atom stereocenters. The molecule has 2 aliphatic carbocycles. The smallest absolute Gasteiger partial charge is 0.220 e. The summed E-state index contributed by atoms with van der Waals surface area (Å²) in [6.07, 6.45) is 11.0. The zero-order chi connectivity index (χ0) is 13.8. The van der Waals surface area contributed by atoms with E-state index in [1.54, 1.807) is 0 Å². The minimum atomic E-state index is 0.236. The van der Waals surface area contributed by atoms with Gasteiger partial charge in [0.05, 0.1) is 0 Å². The molecule has 20 heavy (non-hydrogen) atoms. The highest BCUT2D eigenvalue weighted by atomic mass is 32.1. The van der Waals surface area contributed by atoms with Gasteiger partial charge < -0.3 is 5.32 Å². The average Bonchev–Trinajstić information content (AvgIpc) is 3.18. The minimum Gasteiger partial charge on any atom is -0.355 e. The van der Waals surface area contributed by atoms with Crippen LogP contribution in [0.2, 0.25) is 0 Å². The summed E-state index contributed by atoms with van der Waals surface area (Å²) in [6.45, 7) is 0.846. The van der Waals surface area contributed by atoms with Crippen molar-refractivity contribution in [2.24, 2.45) is 5.92 Å². The number of thiophene rings is 1. The second-order valence-electron chi connectivity index (χ2n) is 6.60. The fraction of sp³-hybridized carbons (Fsp3) is 0.706. The molecule has 0 aliphatic heterocycles. The Hall–Kier alpha value is -0.830. The molecule has 0 atom stereocenters. The van der Waals surface area contributed by atoms with Gasteiger partial charge in [-0.05, 0) is 43.0 Å². The lowest BCUT2D eigenvalue weighted by molar-refractivity contribution is -0.122. The monoisotopic (exact) mass is 291 g/mol. The molecule has 0 aromatic carbocycles. The van der Waals surface area contributed by atoms with Crippen molar-refractivity contribution in [2.45, 2.75) is 63.2 Å². The topological polar surface area (TPSA) is 29.1 Å². The molecule has 1 heterocycles. The lowest BCUT2D eigenvalue weighted by Crippen LogP contribution is -2.38. The molecule has 2 fully saturated rings. The van der Waals surface area contributed by atoms with Gasteiger partial charge in [-0.2, -0.15) is 0 Å². The van der Waals surface area contributed by atoms with E-state index in [0.717, 1.165) is 13.0 Å². The molecule has 0 spiro atoms. The van der Waals surface area contributed by atoms with Crippen LogP contribution in [0.1, 0.15) is 62.7 Å². The fourth-order valence-electron chi connectivity index (χ4n) is 3.96. The third-order valence-electron chi connectivity index (χ3n) is 5.18. The summed E-state index contributed by atoms with van der Waals surface area (Å²) < 4.78 is 0. The molecule has 0 saturated heterocycles. The molecule has 1 N–H and O–H groups in total. The van der Waals surface area contributed by atoms with E-state index in [9.17, 15) is 4.79 Å². The van der Waals surface area contributed by atoms with Gasteiger partial charge in [-0.15, -0.1) is 11.3 Å². The molecule has 0 bridgehead atoms. The number of carbonyl (C=O) groups is 1. The van der Waals surface area contributed by atoms with Crippen molar-refractivity contribution in [2.75, 3.05) is 6.54 Å². The van der Waals surface area contributed by atoms with Crippen molar-refractivity contribution in [3.8, 4) is 0 Å². The molecule has 3 heteroatoms. The highest BCUT2D eigenvalue weighted by molar-refractivity contribution is 7.10. The van der Waals surface area contributed by atoms with E-state index < -0.39 is 0 Å². The minimum absolute atomic E-state index is 0.236. The van der Waals surface area contributed by atoms with Crippen LogP contribution in [-0.2, 0) is 10.2 Å². The largest absolute Gasteiger partial charge is 0.355 e. The van der Waals surface area contributed by atoms with Gasteiger partial charge in [-0.3, -0.25) is 4.79 Å². The Morgan fingerprint density at radius 3 is 2.65 bits per heavy atom. The summed E-state index contributed by atoms with van der Waals surface area (Å²) in [7, 11) is 0. The van der Waals surface area contributed by atoms with Crippen LogP contribution >= 0.6 is 11.3 Å². The van der Waals surface area contributed by atoms with Crippen LogP contribution in [0, 0.1) is 5.92 Å². The first-order chi connectivity index (χ1) is 9.78. The van der Waals surface area contributed by atoms with E-state index in [-0.39, 0.29) is 11.3 Å². The van der Waals surface area contributed by atoms with Gasteiger partial charge in [0.25, 0.3) is 0 Å². The van der Waals surface area contributed by atoms with Crippen LogP contribution in [0.4, 0.5) is 0 Å². The summed E-state index contributed by atoms with van der Waals surface area (Å²) in [5.41, 5.74) is 0.236. The third-order valence-corrected chi connectivity index (χ3v) is 6.29. The van der Waals surface area contributed by atoms with Crippen LogP contribution in [0.5, 0.6) is 0 Å². The van der Waals surface area contributed by atoms with Gasteiger partial charge >= 0.3 is 0 Å². The van der Waals surface area contributed by atoms with Gasteiger partial charge in [0.2, 0.25) is 5.91 Å². The Bertz CT molecular complexity index is 428. The molecule has 1 aromatic heterocycles. The SMILES string of the molecule is O=C(CC1CCCC1)NCC1(c2cccs2)CCCC1. The predicted octanol–water partition coefficient (Wildman–Crippen LogP) is 4.26. The Balaban J connectivity index is 1.56. The number of amides is 1. The number of nitrogens with one attached hydrogen (secondary N) is 1. The molecule has 110 valence electrons. The Kier molecular flexibility index (Phi) is 4.45. The maximum Gasteiger partial charge on any atom is 0.220 e. The van der Waals surface area contributed by atoms with E-state index in [2.05, 4.69) is 22.8 Å². The molecule has 2 nitrogen and oxygen atoms in total. The normalized spacial score (nSPS) is 22.2. The van der Waals surface area contributed by atoms with Crippen LogP contribution in [0.15, 0.2) is 17.5 Å². The Morgan fingerprint density at radius 2 is 2.00 bits per heavy atom. The van der Waals surface area contributed by atoms with Gasteiger partial charge in [0.15, 0.2) is 0 Å². The second-order valence-corrected chi connectivity index (χ2v) is 7.54. The van der Waals surface area contributed by atoms with Gasteiger partial charge in [-0.25, -0.2) is 0 Å². The van der Waals surface area contributed by atoms with Crippen molar-refractivity contribution in [1.29, 1.82) is 0 Å². The van der Waals surface area contributed by atoms with Crippen LogP contribution < -0.4 is 5.32 Å². The highest BCUT2D eigenvalue weighted by Gasteiger charge is 2.36. The molecule has 2 saturated carbocycles. The first kappa shape index (κ1) is 14.1. The van der Waals surface area contributed by atoms with Crippen LogP contribution in [-0.4, -0.2) is 12.5 Å². The van der Waals surface area contributed by atoms with Crippen molar-refractivity contribution < 1.29 is 4.79 Å². The zero-order valence-corrected chi connectivity index (χ0v) is 13.0. The maximum absolute atomic E-state index is 12.2. The zero-order valence-electron chi connectivity index (χ0n) is 12.2. The molecule has 2 aliphatic rings. The predicted molar refractivity (Wildman–Crippen MR) is 84.0 cm³/mol. The summed E-state index contributed by atoms with van der Waals surface area (Å²) in [5, 5.41) is 5.41. The second kappa shape index (κ2) is 6.30. The van der Waals surface area contributed by atoms with Crippen molar-refractivity contribution in [1.82, 2.24) is 5.32 Å². The molecule has 0 radical (unpaired) electrons. The molecule has 1 aromatic rings. The number of hydrogen-bond acceptors (Lipinski definition) is 2. The van der Waals surface area contributed by atoms with Gasteiger partial charge in [-0.1, -0.05) is 31.7 Å². The summed E-state index contributed by atoms with van der Waals surface area (Å²) in [4.78, 5) is 13.6. The number of hydrogen-bond donors (Lipinski definition) is 1. The Labute approximate surface area is 126 Å². The van der Waals surface area contributed by atoms with Crippen LogP contribution in [0.3, 0.4) is 0 Å². The number of rotatable bonds is 5. The van der Waals surface area contributed by atoms with E-state index in [1.807, 2.05) is 11.3 Å². The Morgan fingerprint density at radius 1 is 1.25 bits per heavy atom. The molecular formula is C17H25NOS. The van der Waals surface area contributed by atoms with Crippen molar-refractivity contribution in [3.05, 3.63) is 22.4 Å². The molecular weight excluding hydrogens is 266 g/mol. The lowest BCUT2D eigenvalue weighted by Gasteiger charge is -2.28. The average molecular weight is 291 g/mol. The van der Waals surface area contributed by atoms with Gasteiger partial charge in [0.1, 0.15) is 0 Å².